The maximum atomic E-state index is 12.8. The number of aromatic nitrogens is 3. The molecule has 0 fully saturated rings. The van der Waals surface area contributed by atoms with Gasteiger partial charge in [-0.25, -0.2) is 23.1 Å². The zero-order chi connectivity index (χ0) is 25.1. The lowest BCUT2D eigenvalue weighted by atomic mass is 10.1. The molecule has 0 saturated heterocycles. The number of methoxy groups -OCH3 is 1. The number of imidazole rings is 1. The van der Waals surface area contributed by atoms with Gasteiger partial charge in [0.05, 0.1) is 22.5 Å². The Morgan fingerprint density at radius 1 is 0.972 bits per heavy atom. The second-order valence-corrected chi connectivity index (χ2v) is 10.5. The summed E-state index contributed by atoms with van der Waals surface area (Å²) in [4.78, 5) is 9.58. The summed E-state index contributed by atoms with van der Waals surface area (Å²) in [6.07, 6.45) is 2.09. The summed E-state index contributed by atoms with van der Waals surface area (Å²) in [6, 6.07) is 20.8. The van der Waals surface area contributed by atoms with E-state index >= 15 is 0 Å². The number of anilines is 1. The molecule has 5 rings (SSSR count). The minimum absolute atomic E-state index is 0.276. The van der Waals surface area contributed by atoms with Crippen LogP contribution in [-0.4, -0.2) is 43.2 Å². The zero-order valence-electron chi connectivity index (χ0n) is 20.1. The van der Waals surface area contributed by atoms with Gasteiger partial charge in [0.15, 0.2) is 5.82 Å². The smallest absolute Gasteiger partial charge is 0.240 e. The van der Waals surface area contributed by atoms with Crippen molar-refractivity contribution in [3.05, 3.63) is 72.6 Å². The number of rotatable bonds is 10. The predicted molar refractivity (Wildman–Crippen MR) is 143 cm³/mol. The van der Waals surface area contributed by atoms with Gasteiger partial charge in [-0.05, 0) is 41.8 Å². The Morgan fingerprint density at radius 3 is 2.58 bits per heavy atom. The number of unbranched alkanes of at least 4 members (excludes halogenated alkanes) is 1. The molecule has 0 unspecified atom stereocenters. The second-order valence-electron chi connectivity index (χ2n) is 8.75. The lowest BCUT2D eigenvalue weighted by Gasteiger charge is -2.12. The topological polar surface area (TPSA) is 112 Å². The highest BCUT2D eigenvalue weighted by Gasteiger charge is 2.18. The molecule has 0 aliphatic heterocycles. The molecule has 0 spiro atoms. The molecule has 9 heteroatoms. The van der Waals surface area contributed by atoms with Crippen molar-refractivity contribution >= 4 is 48.5 Å². The number of nitrogens with one attached hydrogen (secondary N) is 1. The van der Waals surface area contributed by atoms with Crippen molar-refractivity contribution in [1.82, 2.24) is 19.3 Å². The first kappa shape index (κ1) is 24.2. The molecule has 0 aliphatic rings. The molecule has 2 heterocycles. The minimum Gasteiger partial charge on any atom is -0.384 e. The van der Waals surface area contributed by atoms with Crippen molar-refractivity contribution in [2.75, 3.05) is 26.0 Å². The second kappa shape index (κ2) is 10.2. The number of ether oxygens (including phenoxy) is 1. The Bertz CT molecular complexity index is 1650. The molecule has 186 valence electrons. The molecule has 2 aromatic heterocycles. The lowest BCUT2D eigenvalue weighted by Crippen LogP contribution is -2.25. The first-order valence-electron chi connectivity index (χ1n) is 12.0. The lowest BCUT2D eigenvalue weighted by molar-refractivity contribution is 0.199. The standard InChI is InChI=1S/C27H29N5O3S/c1-35-17-14-24-31-25-26(22-10-4-5-11-23(22)30-27(25)28)32(24)16-7-6-15-29-36(33,34)21-13-12-19-8-2-3-9-20(19)18-21/h2-5,8-13,18,29H,6-7,14-17H2,1H3,(H2,28,30). The molecule has 3 N–H and O–H groups in total. The van der Waals surface area contributed by atoms with Crippen LogP contribution in [0.15, 0.2) is 71.6 Å². The van der Waals surface area contributed by atoms with E-state index in [1.54, 1.807) is 19.2 Å². The number of hydrogen-bond acceptors (Lipinski definition) is 6. The third kappa shape index (κ3) is 4.77. The molecule has 8 nitrogen and oxygen atoms in total. The van der Waals surface area contributed by atoms with E-state index in [0.29, 0.717) is 43.9 Å². The number of benzene rings is 3. The highest BCUT2D eigenvalue weighted by molar-refractivity contribution is 7.89. The van der Waals surface area contributed by atoms with E-state index in [4.69, 9.17) is 15.5 Å². The van der Waals surface area contributed by atoms with Crippen LogP contribution in [0.1, 0.15) is 18.7 Å². The maximum Gasteiger partial charge on any atom is 0.240 e. The highest BCUT2D eigenvalue weighted by atomic mass is 32.2. The molecule has 3 aromatic carbocycles. The van der Waals surface area contributed by atoms with Gasteiger partial charge in [0, 0.05) is 32.0 Å². The molecule has 5 aromatic rings. The van der Waals surface area contributed by atoms with Crippen LogP contribution in [0.4, 0.5) is 5.82 Å². The summed E-state index contributed by atoms with van der Waals surface area (Å²) in [6.45, 7) is 1.57. The van der Waals surface area contributed by atoms with Crippen molar-refractivity contribution in [1.29, 1.82) is 0 Å². The predicted octanol–water partition coefficient (Wildman–Crippen LogP) is 4.27. The fourth-order valence-corrected chi connectivity index (χ4v) is 5.66. The van der Waals surface area contributed by atoms with Crippen LogP contribution < -0.4 is 10.5 Å². The van der Waals surface area contributed by atoms with E-state index in [2.05, 4.69) is 14.3 Å². The Hall–Kier alpha value is -3.53. The van der Waals surface area contributed by atoms with Crippen molar-refractivity contribution in [2.24, 2.45) is 0 Å². The molecule has 0 saturated carbocycles. The maximum absolute atomic E-state index is 12.8. The van der Waals surface area contributed by atoms with Crippen molar-refractivity contribution in [3.63, 3.8) is 0 Å². The van der Waals surface area contributed by atoms with Gasteiger partial charge in [-0.2, -0.15) is 0 Å². The third-order valence-electron chi connectivity index (χ3n) is 6.35. The molecular formula is C27H29N5O3S. The highest BCUT2D eigenvalue weighted by Crippen LogP contribution is 2.29. The summed E-state index contributed by atoms with van der Waals surface area (Å²) >= 11 is 0. The van der Waals surface area contributed by atoms with Gasteiger partial charge in [0.2, 0.25) is 10.0 Å². The van der Waals surface area contributed by atoms with Crippen molar-refractivity contribution in [3.8, 4) is 0 Å². The van der Waals surface area contributed by atoms with Crippen LogP contribution in [-0.2, 0) is 27.7 Å². The number of hydrogen-bond donors (Lipinski definition) is 2. The molecule has 0 radical (unpaired) electrons. The van der Waals surface area contributed by atoms with Gasteiger partial charge in [-0.15, -0.1) is 0 Å². The zero-order valence-corrected chi connectivity index (χ0v) is 21.0. The van der Waals surface area contributed by atoms with E-state index in [0.717, 1.165) is 39.4 Å². The van der Waals surface area contributed by atoms with E-state index < -0.39 is 10.0 Å². The van der Waals surface area contributed by atoms with Crippen LogP contribution >= 0.6 is 0 Å². The number of para-hydroxylation sites is 1. The molecule has 0 atom stereocenters. The average Bonchev–Trinajstić information content (AvgIpc) is 3.26. The van der Waals surface area contributed by atoms with E-state index in [1.165, 1.54) is 0 Å². The molecule has 0 amide bonds. The first-order valence-corrected chi connectivity index (χ1v) is 13.5. The van der Waals surface area contributed by atoms with E-state index in [-0.39, 0.29) is 4.90 Å². The molecular weight excluding hydrogens is 474 g/mol. The number of fused-ring (bicyclic) bond motifs is 4. The number of sulfonamides is 1. The number of pyridine rings is 1. The van der Waals surface area contributed by atoms with Gasteiger partial charge in [0.1, 0.15) is 11.3 Å². The molecule has 0 aliphatic carbocycles. The van der Waals surface area contributed by atoms with Gasteiger partial charge in [0.25, 0.3) is 0 Å². The Labute approximate surface area is 210 Å². The number of nitrogens with zero attached hydrogens (tertiary/aromatic N) is 3. The van der Waals surface area contributed by atoms with Crippen molar-refractivity contribution in [2.45, 2.75) is 30.7 Å². The quantitative estimate of drug-likeness (QED) is 0.275. The first-order chi connectivity index (χ1) is 17.5. The van der Waals surface area contributed by atoms with E-state index in [9.17, 15) is 8.42 Å². The van der Waals surface area contributed by atoms with Gasteiger partial charge < -0.3 is 15.0 Å². The Morgan fingerprint density at radius 2 is 1.75 bits per heavy atom. The largest absolute Gasteiger partial charge is 0.384 e. The van der Waals surface area contributed by atoms with Crippen LogP contribution in [0.5, 0.6) is 0 Å². The Balaban J connectivity index is 1.31. The Kier molecular flexibility index (Phi) is 6.86. The third-order valence-corrected chi connectivity index (χ3v) is 7.81. The van der Waals surface area contributed by atoms with Crippen LogP contribution in [0, 0.1) is 0 Å². The minimum atomic E-state index is -3.59. The van der Waals surface area contributed by atoms with Crippen LogP contribution in [0.3, 0.4) is 0 Å². The summed E-state index contributed by atoms with van der Waals surface area (Å²) in [7, 11) is -1.92. The number of nitrogens with two attached hydrogens (primary N) is 1. The monoisotopic (exact) mass is 503 g/mol. The number of aryl methyl sites for hydroxylation is 1. The summed E-state index contributed by atoms with van der Waals surface area (Å²) in [5, 5.41) is 2.91. The van der Waals surface area contributed by atoms with Gasteiger partial charge >= 0.3 is 0 Å². The summed E-state index contributed by atoms with van der Waals surface area (Å²) in [5.41, 5.74) is 8.73. The average molecular weight is 504 g/mol. The van der Waals surface area contributed by atoms with Crippen molar-refractivity contribution < 1.29 is 13.2 Å². The summed E-state index contributed by atoms with van der Waals surface area (Å²) in [5.74, 6) is 1.29. The molecule has 0 bridgehead atoms. The molecule has 36 heavy (non-hydrogen) atoms. The van der Waals surface area contributed by atoms with Crippen LogP contribution in [0.25, 0.3) is 32.7 Å². The van der Waals surface area contributed by atoms with E-state index in [1.807, 2.05) is 54.6 Å². The fraction of sp³-hybridized carbons (Fsp3) is 0.259. The summed E-state index contributed by atoms with van der Waals surface area (Å²) < 4.78 is 35.9. The normalized spacial score (nSPS) is 12.1. The SMILES string of the molecule is COCCc1nc2c(N)nc3ccccc3c2n1CCCCNS(=O)(=O)c1ccc2ccccc2c1. The van der Waals surface area contributed by atoms with Gasteiger partial charge in [-0.3, -0.25) is 0 Å². The van der Waals surface area contributed by atoms with Crippen LogP contribution in [0.2, 0.25) is 0 Å². The van der Waals surface area contributed by atoms with Gasteiger partial charge in [-0.1, -0.05) is 48.5 Å². The fourth-order valence-electron chi connectivity index (χ4n) is 4.55. The number of nitrogen functional groups attached to an aromatic ring is 1.